The zero-order chi connectivity index (χ0) is 13.1. The number of hydrogen-bond acceptors (Lipinski definition) is 5. The van der Waals surface area contributed by atoms with E-state index in [1.165, 1.54) is 21.5 Å². The summed E-state index contributed by atoms with van der Waals surface area (Å²) in [4.78, 5) is 10.8. The molecule has 4 nitrogen and oxygen atoms in total. The van der Waals surface area contributed by atoms with Crippen LogP contribution in [-0.4, -0.2) is 9.97 Å². The smallest absolute Gasteiger partial charge is 0.158 e. The van der Waals surface area contributed by atoms with Crippen molar-refractivity contribution in [3.63, 3.8) is 0 Å². The molecule has 92 valence electrons. The van der Waals surface area contributed by atoms with E-state index < -0.39 is 0 Å². The van der Waals surface area contributed by atoms with Gasteiger partial charge in [-0.25, -0.2) is 9.97 Å². The third kappa shape index (κ3) is 2.66. The minimum absolute atomic E-state index is 0.178. The van der Waals surface area contributed by atoms with Gasteiger partial charge in [0.1, 0.15) is 11.9 Å². The van der Waals surface area contributed by atoms with Crippen molar-refractivity contribution in [3.05, 3.63) is 39.5 Å². The van der Waals surface area contributed by atoms with Gasteiger partial charge in [0, 0.05) is 9.75 Å². The summed E-state index contributed by atoms with van der Waals surface area (Å²) in [6.45, 7) is 6.32. The Morgan fingerprint density at radius 2 is 2.11 bits per heavy atom. The molecular weight excluding hydrogens is 244 g/mol. The molecule has 0 bridgehead atoms. The number of nitrogens with zero attached hydrogens (tertiary/aromatic N) is 3. The third-order valence-electron chi connectivity index (χ3n) is 2.68. The number of aromatic nitrogens is 2. The van der Waals surface area contributed by atoms with Gasteiger partial charge in [0.2, 0.25) is 0 Å². The van der Waals surface area contributed by atoms with Crippen LogP contribution in [0.5, 0.6) is 0 Å². The standard InChI is InChI=1S/C13H14N4S/c1-8-4-12(10(3)18-8)9(2)17-13-7-15-11(5-14)6-16-13/h4,6-7,9H,1-3H3,(H,16,17). The lowest BCUT2D eigenvalue weighted by atomic mass is 10.1. The van der Waals surface area contributed by atoms with E-state index in [1.54, 1.807) is 17.5 Å². The normalized spacial score (nSPS) is 11.9. The van der Waals surface area contributed by atoms with Gasteiger partial charge >= 0.3 is 0 Å². The van der Waals surface area contributed by atoms with Crippen molar-refractivity contribution in [2.75, 3.05) is 5.32 Å². The summed E-state index contributed by atoms with van der Waals surface area (Å²) < 4.78 is 0. The van der Waals surface area contributed by atoms with Crippen LogP contribution in [0.25, 0.3) is 0 Å². The van der Waals surface area contributed by atoms with Crippen LogP contribution >= 0.6 is 11.3 Å². The van der Waals surface area contributed by atoms with Crippen LogP contribution in [0.1, 0.15) is 34.0 Å². The van der Waals surface area contributed by atoms with E-state index >= 15 is 0 Å². The Bertz CT molecular complexity index is 580. The van der Waals surface area contributed by atoms with E-state index in [9.17, 15) is 0 Å². The maximum atomic E-state index is 8.66. The van der Waals surface area contributed by atoms with Crippen molar-refractivity contribution in [3.8, 4) is 6.07 Å². The molecule has 2 aromatic heterocycles. The predicted octanol–water partition coefficient (Wildman–Crippen LogP) is 3.20. The zero-order valence-corrected chi connectivity index (χ0v) is 11.4. The molecular formula is C13H14N4S. The van der Waals surface area contributed by atoms with Gasteiger partial charge in [-0.1, -0.05) is 0 Å². The Kier molecular flexibility index (Phi) is 3.58. The predicted molar refractivity (Wildman–Crippen MR) is 72.6 cm³/mol. The fourth-order valence-electron chi connectivity index (χ4n) is 1.84. The summed E-state index contributed by atoms with van der Waals surface area (Å²) in [6, 6.07) is 4.32. The topological polar surface area (TPSA) is 61.6 Å². The van der Waals surface area contributed by atoms with Crippen molar-refractivity contribution in [2.24, 2.45) is 0 Å². The Morgan fingerprint density at radius 1 is 1.33 bits per heavy atom. The highest BCUT2D eigenvalue weighted by Crippen LogP contribution is 2.27. The number of hydrogen-bond donors (Lipinski definition) is 1. The lowest BCUT2D eigenvalue weighted by Gasteiger charge is -2.14. The van der Waals surface area contributed by atoms with Gasteiger partial charge in [-0.05, 0) is 32.4 Å². The largest absolute Gasteiger partial charge is 0.362 e. The molecule has 0 saturated carbocycles. The van der Waals surface area contributed by atoms with Gasteiger partial charge in [0.15, 0.2) is 5.69 Å². The Labute approximate surface area is 110 Å². The van der Waals surface area contributed by atoms with Crippen molar-refractivity contribution >= 4 is 17.2 Å². The molecule has 0 aliphatic heterocycles. The third-order valence-corrected chi connectivity index (χ3v) is 3.66. The molecule has 0 amide bonds. The second-order valence-electron chi connectivity index (χ2n) is 4.13. The Balaban J connectivity index is 2.13. The molecule has 5 heteroatoms. The Morgan fingerprint density at radius 3 is 2.61 bits per heavy atom. The summed E-state index contributed by atoms with van der Waals surface area (Å²) >= 11 is 1.80. The van der Waals surface area contributed by atoms with Crippen molar-refractivity contribution in [2.45, 2.75) is 26.8 Å². The van der Waals surface area contributed by atoms with Crippen LogP contribution in [0.15, 0.2) is 18.5 Å². The fraction of sp³-hybridized carbons (Fsp3) is 0.308. The number of anilines is 1. The molecule has 18 heavy (non-hydrogen) atoms. The number of nitrogens with one attached hydrogen (secondary N) is 1. The van der Waals surface area contributed by atoms with Crippen LogP contribution in [0.4, 0.5) is 5.82 Å². The highest BCUT2D eigenvalue weighted by Gasteiger charge is 2.11. The van der Waals surface area contributed by atoms with E-state index in [1.807, 2.05) is 6.07 Å². The molecule has 1 atom stereocenters. The minimum Gasteiger partial charge on any atom is -0.362 e. The average molecular weight is 258 g/mol. The van der Waals surface area contributed by atoms with Crippen LogP contribution in [-0.2, 0) is 0 Å². The summed E-state index contributed by atoms with van der Waals surface area (Å²) in [5.41, 5.74) is 1.61. The summed E-state index contributed by atoms with van der Waals surface area (Å²) in [5.74, 6) is 0.685. The first kappa shape index (κ1) is 12.5. The monoisotopic (exact) mass is 258 g/mol. The molecule has 1 unspecified atom stereocenters. The average Bonchev–Trinajstić information content (AvgIpc) is 2.69. The van der Waals surface area contributed by atoms with Crippen LogP contribution < -0.4 is 5.32 Å². The molecule has 0 aliphatic rings. The SMILES string of the molecule is Cc1cc(C(C)Nc2cnc(C#N)cn2)c(C)s1. The molecule has 1 N–H and O–H groups in total. The number of aryl methyl sites for hydroxylation is 2. The van der Waals surface area contributed by atoms with Crippen LogP contribution in [0.2, 0.25) is 0 Å². The molecule has 2 rings (SSSR count). The van der Waals surface area contributed by atoms with E-state index in [2.05, 4.69) is 42.1 Å². The molecule has 0 radical (unpaired) electrons. The minimum atomic E-state index is 0.178. The van der Waals surface area contributed by atoms with Crippen molar-refractivity contribution < 1.29 is 0 Å². The highest BCUT2D eigenvalue weighted by atomic mass is 32.1. The first-order valence-corrected chi connectivity index (χ1v) is 6.47. The second-order valence-corrected chi connectivity index (χ2v) is 5.59. The van der Waals surface area contributed by atoms with Gasteiger partial charge in [-0.2, -0.15) is 5.26 Å². The molecule has 0 spiro atoms. The summed E-state index contributed by atoms with van der Waals surface area (Å²) in [7, 11) is 0. The van der Waals surface area contributed by atoms with Crippen molar-refractivity contribution in [1.29, 1.82) is 5.26 Å². The van der Waals surface area contributed by atoms with E-state index in [-0.39, 0.29) is 6.04 Å². The number of thiophene rings is 1. The second kappa shape index (κ2) is 5.15. The van der Waals surface area contributed by atoms with Crippen molar-refractivity contribution in [1.82, 2.24) is 9.97 Å². The van der Waals surface area contributed by atoms with Gasteiger partial charge in [0.05, 0.1) is 18.4 Å². The van der Waals surface area contributed by atoms with Gasteiger partial charge in [0.25, 0.3) is 0 Å². The van der Waals surface area contributed by atoms with Gasteiger partial charge < -0.3 is 5.32 Å². The number of nitriles is 1. The van der Waals surface area contributed by atoms with E-state index in [0.29, 0.717) is 11.5 Å². The van der Waals surface area contributed by atoms with Crippen LogP contribution in [0, 0.1) is 25.2 Å². The van der Waals surface area contributed by atoms with E-state index in [0.717, 1.165) is 0 Å². The quantitative estimate of drug-likeness (QED) is 0.918. The summed E-state index contributed by atoms with van der Waals surface area (Å²) in [5, 5.41) is 11.9. The maximum absolute atomic E-state index is 8.66. The first-order chi connectivity index (χ1) is 8.60. The number of rotatable bonds is 3. The lowest BCUT2D eigenvalue weighted by molar-refractivity contribution is 0.868. The molecule has 2 heterocycles. The van der Waals surface area contributed by atoms with E-state index in [4.69, 9.17) is 5.26 Å². The van der Waals surface area contributed by atoms with Crippen LogP contribution in [0.3, 0.4) is 0 Å². The fourth-order valence-corrected chi connectivity index (χ4v) is 2.86. The van der Waals surface area contributed by atoms with Gasteiger partial charge in [-0.3, -0.25) is 0 Å². The molecule has 0 fully saturated rings. The molecule has 0 saturated heterocycles. The zero-order valence-electron chi connectivity index (χ0n) is 10.6. The lowest BCUT2D eigenvalue weighted by Crippen LogP contribution is -2.08. The molecule has 2 aromatic rings. The summed E-state index contributed by atoms with van der Waals surface area (Å²) in [6.07, 6.45) is 3.06. The molecule has 0 aliphatic carbocycles. The Hall–Kier alpha value is -1.93. The maximum Gasteiger partial charge on any atom is 0.158 e. The first-order valence-electron chi connectivity index (χ1n) is 5.65. The molecule has 0 aromatic carbocycles. The highest BCUT2D eigenvalue weighted by molar-refractivity contribution is 7.12. The van der Waals surface area contributed by atoms with Gasteiger partial charge in [-0.15, -0.1) is 11.3 Å².